The largest absolute Gasteiger partial charge is 0.493 e. The van der Waals surface area contributed by atoms with Crippen molar-refractivity contribution >= 4 is 17.7 Å². The van der Waals surface area contributed by atoms with Crippen LogP contribution in [-0.4, -0.2) is 23.7 Å². The fourth-order valence-corrected chi connectivity index (χ4v) is 4.55. The molecule has 1 heterocycles. The van der Waals surface area contributed by atoms with E-state index in [2.05, 4.69) is 12.1 Å². The second-order valence-corrected chi connectivity index (χ2v) is 7.92. The summed E-state index contributed by atoms with van der Waals surface area (Å²) in [6.45, 7) is 1.08. The van der Waals surface area contributed by atoms with E-state index in [1.54, 1.807) is 18.9 Å². The van der Waals surface area contributed by atoms with E-state index in [9.17, 15) is 4.79 Å². The molecule has 148 valence electrons. The zero-order chi connectivity index (χ0) is 20.1. The maximum absolute atomic E-state index is 12.5. The Balaban J connectivity index is 1.52. The minimum atomic E-state index is -0.0280. The molecule has 1 amide bonds. The fraction of sp³-hybridized carbons (Fsp3) is 0.208. The quantitative estimate of drug-likeness (QED) is 0.551. The van der Waals surface area contributed by atoms with Crippen LogP contribution in [0.4, 0.5) is 0 Å². The summed E-state index contributed by atoms with van der Waals surface area (Å²) in [5.74, 6) is 2.03. The molecule has 0 radical (unpaired) electrons. The smallest absolute Gasteiger partial charge is 0.234 e. The van der Waals surface area contributed by atoms with Crippen molar-refractivity contribution in [2.75, 3.05) is 12.9 Å². The van der Waals surface area contributed by atoms with Gasteiger partial charge in [-0.15, -0.1) is 11.8 Å². The van der Waals surface area contributed by atoms with Gasteiger partial charge in [-0.05, 0) is 28.8 Å². The zero-order valence-electron chi connectivity index (χ0n) is 16.3. The van der Waals surface area contributed by atoms with Gasteiger partial charge < -0.3 is 14.4 Å². The summed E-state index contributed by atoms with van der Waals surface area (Å²) in [5, 5.41) is -0.0280. The molecule has 5 heteroatoms. The molecule has 0 bridgehead atoms. The highest BCUT2D eigenvalue weighted by Crippen LogP contribution is 2.42. The molecule has 0 aliphatic carbocycles. The summed E-state index contributed by atoms with van der Waals surface area (Å²) in [6.07, 6.45) is 0. The van der Waals surface area contributed by atoms with Crippen LogP contribution in [0.1, 0.15) is 22.1 Å². The maximum Gasteiger partial charge on any atom is 0.234 e. The number of carbonyl (C=O) groups is 1. The Hall–Kier alpha value is -2.92. The van der Waals surface area contributed by atoms with E-state index >= 15 is 0 Å². The number of benzene rings is 3. The number of hydrogen-bond donors (Lipinski definition) is 0. The van der Waals surface area contributed by atoms with Crippen LogP contribution in [0.3, 0.4) is 0 Å². The molecular weight excluding hydrogens is 382 g/mol. The highest BCUT2D eigenvalue weighted by atomic mass is 32.2. The van der Waals surface area contributed by atoms with Crippen molar-refractivity contribution in [1.29, 1.82) is 0 Å². The second kappa shape index (κ2) is 9.05. The van der Waals surface area contributed by atoms with E-state index in [4.69, 9.17) is 9.47 Å². The standard InChI is InChI=1S/C24H23NO3S/c1-27-22-14-20(12-13-21(22)28-16-19-10-6-3-7-11-19)24-25(23(26)17-29-24)15-18-8-4-2-5-9-18/h2-14,24H,15-17H2,1H3. The van der Waals surface area contributed by atoms with Crippen LogP contribution in [0, 0.1) is 0 Å². The number of amides is 1. The lowest BCUT2D eigenvalue weighted by atomic mass is 10.1. The molecule has 0 aromatic heterocycles. The molecule has 0 spiro atoms. The molecule has 29 heavy (non-hydrogen) atoms. The first kappa shape index (κ1) is 19.4. The molecule has 0 saturated carbocycles. The van der Waals surface area contributed by atoms with Crippen LogP contribution < -0.4 is 9.47 Å². The third-order valence-electron chi connectivity index (χ3n) is 4.87. The summed E-state index contributed by atoms with van der Waals surface area (Å²) in [4.78, 5) is 14.4. The highest BCUT2D eigenvalue weighted by Gasteiger charge is 2.33. The minimum absolute atomic E-state index is 0.0280. The summed E-state index contributed by atoms with van der Waals surface area (Å²) in [5.41, 5.74) is 3.27. The molecular formula is C24H23NO3S. The summed E-state index contributed by atoms with van der Waals surface area (Å²) < 4.78 is 11.5. The number of ether oxygens (including phenoxy) is 2. The lowest BCUT2D eigenvalue weighted by Gasteiger charge is -2.25. The fourth-order valence-electron chi connectivity index (χ4n) is 3.37. The van der Waals surface area contributed by atoms with Gasteiger partial charge in [0.05, 0.1) is 12.9 Å². The number of nitrogens with zero attached hydrogens (tertiary/aromatic N) is 1. The molecule has 1 fully saturated rings. The third kappa shape index (κ3) is 4.57. The minimum Gasteiger partial charge on any atom is -0.493 e. The van der Waals surface area contributed by atoms with Crippen LogP contribution in [0.2, 0.25) is 0 Å². The predicted octanol–water partition coefficient (Wildman–Crippen LogP) is 5.05. The maximum atomic E-state index is 12.5. The van der Waals surface area contributed by atoms with Gasteiger partial charge in [-0.25, -0.2) is 0 Å². The Morgan fingerprint density at radius 1 is 0.931 bits per heavy atom. The van der Waals surface area contributed by atoms with Crippen molar-refractivity contribution in [1.82, 2.24) is 4.90 Å². The van der Waals surface area contributed by atoms with Crippen LogP contribution in [0.25, 0.3) is 0 Å². The van der Waals surface area contributed by atoms with Crippen molar-refractivity contribution < 1.29 is 14.3 Å². The monoisotopic (exact) mass is 405 g/mol. The first-order valence-corrected chi connectivity index (χ1v) is 10.6. The highest BCUT2D eigenvalue weighted by molar-refractivity contribution is 8.00. The number of methoxy groups -OCH3 is 1. The van der Waals surface area contributed by atoms with Gasteiger partial charge in [0.2, 0.25) is 5.91 Å². The number of rotatable bonds is 7. The van der Waals surface area contributed by atoms with Crippen LogP contribution >= 0.6 is 11.8 Å². The molecule has 1 unspecified atom stereocenters. The van der Waals surface area contributed by atoms with Crippen LogP contribution in [0.5, 0.6) is 11.5 Å². The van der Waals surface area contributed by atoms with Gasteiger partial charge in [0.25, 0.3) is 0 Å². The van der Waals surface area contributed by atoms with E-state index in [1.807, 2.05) is 71.6 Å². The van der Waals surface area contributed by atoms with Gasteiger partial charge in [0.1, 0.15) is 12.0 Å². The molecule has 1 atom stereocenters. The van der Waals surface area contributed by atoms with E-state index < -0.39 is 0 Å². The second-order valence-electron chi connectivity index (χ2n) is 6.86. The van der Waals surface area contributed by atoms with Crippen molar-refractivity contribution in [3.05, 3.63) is 95.6 Å². The topological polar surface area (TPSA) is 38.8 Å². The Bertz CT molecular complexity index is 962. The Labute approximate surface area is 175 Å². The Kier molecular flexibility index (Phi) is 6.06. The van der Waals surface area contributed by atoms with E-state index in [-0.39, 0.29) is 11.3 Å². The van der Waals surface area contributed by atoms with Crippen molar-refractivity contribution in [3.63, 3.8) is 0 Å². The summed E-state index contributed by atoms with van der Waals surface area (Å²) in [6, 6.07) is 26.1. The summed E-state index contributed by atoms with van der Waals surface area (Å²) >= 11 is 1.65. The summed E-state index contributed by atoms with van der Waals surface area (Å²) in [7, 11) is 1.64. The number of thioether (sulfide) groups is 1. The van der Waals surface area contributed by atoms with Gasteiger partial charge in [0.15, 0.2) is 11.5 Å². The molecule has 1 aliphatic rings. The molecule has 3 aromatic rings. The number of hydrogen-bond acceptors (Lipinski definition) is 4. The average Bonchev–Trinajstić information content (AvgIpc) is 3.13. The molecule has 4 rings (SSSR count). The molecule has 1 aliphatic heterocycles. The van der Waals surface area contributed by atoms with E-state index in [1.165, 1.54) is 0 Å². The SMILES string of the molecule is COc1cc(C2SCC(=O)N2Cc2ccccc2)ccc1OCc1ccccc1. The normalized spacial score (nSPS) is 16.1. The van der Waals surface area contributed by atoms with E-state index in [0.29, 0.717) is 30.4 Å². The van der Waals surface area contributed by atoms with E-state index in [0.717, 1.165) is 16.7 Å². The Morgan fingerprint density at radius 3 is 2.31 bits per heavy atom. The van der Waals surface area contributed by atoms with Crippen molar-refractivity contribution in [3.8, 4) is 11.5 Å². The van der Waals surface area contributed by atoms with Gasteiger partial charge in [0, 0.05) is 6.54 Å². The molecule has 4 nitrogen and oxygen atoms in total. The first-order chi connectivity index (χ1) is 14.2. The van der Waals surface area contributed by atoms with Gasteiger partial charge in [-0.3, -0.25) is 4.79 Å². The number of carbonyl (C=O) groups excluding carboxylic acids is 1. The predicted molar refractivity (Wildman–Crippen MR) is 116 cm³/mol. The van der Waals surface area contributed by atoms with Crippen molar-refractivity contribution in [2.24, 2.45) is 0 Å². The molecule has 3 aromatic carbocycles. The third-order valence-corrected chi connectivity index (χ3v) is 6.13. The van der Waals surface area contributed by atoms with Gasteiger partial charge >= 0.3 is 0 Å². The Morgan fingerprint density at radius 2 is 1.62 bits per heavy atom. The average molecular weight is 406 g/mol. The van der Waals surface area contributed by atoms with Crippen LogP contribution in [0.15, 0.2) is 78.9 Å². The zero-order valence-corrected chi connectivity index (χ0v) is 17.1. The first-order valence-electron chi connectivity index (χ1n) is 9.54. The van der Waals surface area contributed by atoms with Gasteiger partial charge in [-0.2, -0.15) is 0 Å². The lowest BCUT2D eigenvalue weighted by Crippen LogP contribution is -2.27. The van der Waals surface area contributed by atoms with Gasteiger partial charge in [-0.1, -0.05) is 66.7 Å². The van der Waals surface area contributed by atoms with Crippen LogP contribution in [-0.2, 0) is 17.9 Å². The molecule has 0 N–H and O–H groups in total. The van der Waals surface area contributed by atoms with Crippen molar-refractivity contribution in [2.45, 2.75) is 18.5 Å². The lowest BCUT2D eigenvalue weighted by molar-refractivity contribution is -0.128. The molecule has 1 saturated heterocycles.